The van der Waals surface area contributed by atoms with Crippen LogP contribution in [0.2, 0.25) is 0 Å². The molecule has 0 spiro atoms. The summed E-state index contributed by atoms with van der Waals surface area (Å²) >= 11 is 3.56. The maximum Gasteiger partial charge on any atom is 0.342 e. The van der Waals surface area contributed by atoms with Gasteiger partial charge in [0, 0.05) is 13.8 Å². The number of carbonyl (C=O) groups excluding carboxylic acids is 2. The number of hydrogen-bond donors (Lipinski definition) is 0. The molecular formula is C19H23BrN4O8. The molecule has 13 heteroatoms. The van der Waals surface area contributed by atoms with Crippen LogP contribution in [0.4, 0.5) is 0 Å². The van der Waals surface area contributed by atoms with E-state index in [2.05, 4.69) is 30.9 Å². The second-order valence-electron chi connectivity index (χ2n) is 7.97. The summed E-state index contributed by atoms with van der Waals surface area (Å²) in [4.78, 5) is 35.9. The van der Waals surface area contributed by atoms with E-state index in [1.807, 2.05) is 0 Å². The van der Waals surface area contributed by atoms with Crippen LogP contribution < -0.4 is 4.74 Å². The Balaban J connectivity index is 1.57. The van der Waals surface area contributed by atoms with E-state index < -0.39 is 46.8 Å². The van der Waals surface area contributed by atoms with Crippen LogP contribution in [0.5, 0.6) is 5.88 Å². The van der Waals surface area contributed by atoms with Crippen LogP contribution in [0.1, 0.15) is 33.9 Å². The Bertz CT molecular complexity index is 1050. The summed E-state index contributed by atoms with van der Waals surface area (Å²) in [7, 11) is 1.48. The fourth-order valence-electron chi connectivity index (χ4n) is 3.65. The van der Waals surface area contributed by atoms with Crippen molar-refractivity contribution in [3.05, 3.63) is 12.7 Å². The molecule has 0 aliphatic carbocycles. The van der Waals surface area contributed by atoms with Crippen molar-refractivity contribution in [3.63, 3.8) is 0 Å². The van der Waals surface area contributed by atoms with Gasteiger partial charge in [0.05, 0.1) is 24.9 Å². The average Bonchev–Trinajstić information content (AvgIpc) is 3.33. The number of hydrogen-bond acceptors (Lipinski definition) is 11. The average molecular weight is 515 g/mol. The Labute approximate surface area is 191 Å². The number of cyclic esters (lactones) is 1. The Hall–Kier alpha value is -2.35. The van der Waals surface area contributed by atoms with Crippen molar-refractivity contribution in [2.45, 2.75) is 62.5 Å². The molecule has 2 aliphatic rings. The highest BCUT2D eigenvalue weighted by molar-refractivity contribution is 9.09. The molecule has 0 aromatic carbocycles. The molecule has 2 aliphatic heterocycles. The van der Waals surface area contributed by atoms with E-state index in [4.69, 9.17) is 28.4 Å². The molecule has 0 bridgehead atoms. The Morgan fingerprint density at radius 1 is 1.28 bits per heavy atom. The first-order valence-electron chi connectivity index (χ1n) is 9.80. The normalized spacial score (nSPS) is 31.6. The predicted octanol–water partition coefficient (Wildman–Crippen LogP) is 1.47. The van der Waals surface area contributed by atoms with E-state index in [1.165, 1.54) is 33.6 Å². The minimum atomic E-state index is -1.56. The van der Waals surface area contributed by atoms with Gasteiger partial charge in [-0.1, -0.05) is 15.9 Å². The largest absolute Gasteiger partial charge is 0.479 e. The molecule has 1 unspecified atom stereocenters. The quantitative estimate of drug-likeness (QED) is 0.409. The first-order chi connectivity index (χ1) is 15.0. The summed E-state index contributed by atoms with van der Waals surface area (Å²) in [5.41, 5.74) is -0.245. The fraction of sp³-hybridized carbons (Fsp3) is 0.632. The summed E-state index contributed by atoms with van der Waals surface area (Å²) in [6, 6.07) is 0. The first-order valence-corrected chi connectivity index (χ1v) is 10.7. The highest BCUT2D eigenvalue weighted by atomic mass is 79.9. The maximum atomic E-state index is 12.0. The van der Waals surface area contributed by atoms with Gasteiger partial charge in [0.1, 0.15) is 12.4 Å². The van der Waals surface area contributed by atoms with Gasteiger partial charge in [-0.15, -0.1) is 0 Å². The lowest BCUT2D eigenvalue weighted by Gasteiger charge is -2.25. The van der Waals surface area contributed by atoms with Crippen LogP contribution in [0.3, 0.4) is 0 Å². The van der Waals surface area contributed by atoms with E-state index in [1.54, 1.807) is 18.4 Å². The van der Waals surface area contributed by atoms with Gasteiger partial charge in [-0.25, -0.2) is 14.8 Å². The Morgan fingerprint density at radius 2 is 2.03 bits per heavy atom. The molecule has 2 aromatic rings. The van der Waals surface area contributed by atoms with Crippen LogP contribution in [0.25, 0.3) is 11.2 Å². The first kappa shape index (κ1) is 22.8. The fourth-order valence-corrected chi connectivity index (χ4v) is 4.29. The minimum absolute atomic E-state index is 0.0189. The number of ether oxygens (including phenoxy) is 6. The summed E-state index contributed by atoms with van der Waals surface area (Å²) in [6.07, 6.45) is 0.773. The van der Waals surface area contributed by atoms with Crippen LogP contribution >= 0.6 is 15.9 Å². The number of nitrogens with zero attached hydrogens (tertiary/aromatic N) is 4. The predicted molar refractivity (Wildman–Crippen MR) is 110 cm³/mol. The Kier molecular flexibility index (Phi) is 5.86. The number of aromatic nitrogens is 4. The highest BCUT2D eigenvalue weighted by Gasteiger charge is 2.53. The van der Waals surface area contributed by atoms with Gasteiger partial charge < -0.3 is 23.7 Å². The third-order valence-electron chi connectivity index (χ3n) is 5.08. The number of esters is 2. The number of alkyl halides is 1. The number of methoxy groups -OCH3 is 1. The molecule has 5 atom stereocenters. The second kappa shape index (κ2) is 8.21. The molecular weight excluding hydrogens is 492 g/mol. The molecule has 2 saturated heterocycles. The third kappa shape index (κ3) is 4.05. The number of fused-ring (bicyclic) bond motifs is 1. The van der Waals surface area contributed by atoms with E-state index in [0.29, 0.717) is 17.0 Å². The Morgan fingerprint density at radius 3 is 2.66 bits per heavy atom. The number of imidazole rings is 1. The molecule has 4 heterocycles. The molecule has 174 valence electrons. The molecule has 2 fully saturated rings. The van der Waals surface area contributed by atoms with E-state index >= 15 is 0 Å². The summed E-state index contributed by atoms with van der Waals surface area (Å²) < 4.78 is 35.2. The highest BCUT2D eigenvalue weighted by Crippen LogP contribution is 2.40. The standard InChI is InChI=1S/C19H23BrN4O8/c1-9(25)29-13-11(20)10(6-28-19(4)31-17(26)18(2,3)32-19)30-16(13)24-8-23-12-14(24)21-7-22-15(12)27-5/h7-8,10-11,13,16H,6H2,1-5H3/t10-,11+,13-,16-,19?/m1/s1. The van der Waals surface area contributed by atoms with Crippen molar-refractivity contribution in [1.82, 2.24) is 19.5 Å². The summed E-state index contributed by atoms with van der Waals surface area (Å²) in [5.74, 6) is -2.26. The number of rotatable bonds is 6. The van der Waals surface area contributed by atoms with E-state index in [9.17, 15) is 9.59 Å². The summed E-state index contributed by atoms with van der Waals surface area (Å²) in [6.45, 7) is 5.99. The van der Waals surface area contributed by atoms with Gasteiger partial charge in [-0.05, 0) is 13.8 Å². The SMILES string of the molecule is COc1ncnc2c1ncn2[C@@H]1O[C@H](COC2(C)OC(=O)C(C)(C)O2)[C@H](Br)[C@H]1OC(C)=O. The van der Waals surface area contributed by atoms with Crippen molar-refractivity contribution in [2.75, 3.05) is 13.7 Å². The van der Waals surface area contributed by atoms with E-state index in [-0.39, 0.29) is 6.61 Å². The van der Waals surface area contributed by atoms with Crippen molar-refractivity contribution in [1.29, 1.82) is 0 Å². The van der Waals surface area contributed by atoms with Crippen molar-refractivity contribution < 1.29 is 38.0 Å². The molecule has 0 saturated carbocycles. The number of halogens is 1. The van der Waals surface area contributed by atoms with E-state index in [0.717, 1.165) is 0 Å². The smallest absolute Gasteiger partial charge is 0.342 e. The minimum Gasteiger partial charge on any atom is -0.479 e. The molecule has 4 rings (SSSR count). The zero-order valence-corrected chi connectivity index (χ0v) is 19.7. The monoisotopic (exact) mass is 514 g/mol. The third-order valence-corrected chi connectivity index (χ3v) is 6.19. The van der Waals surface area contributed by atoms with Crippen LogP contribution in [0, 0.1) is 0 Å². The van der Waals surface area contributed by atoms with Crippen molar-refractivity contribution >= 4 is 39.0 Å². The second-order valence-corrected chi connectivity index (χ2v) is 9.02. The topological polar surface area (TPSA) is 133 Å². The van der Waals surface area contributed by atoms with Gasteiger partial charge in [0.25, 0.3) is 0 Å². The molecule has 12 nitrogen and oxygen atoms in total. The zero-order valence-electron chi connectivity index (χ0n) is 18.1. The summed E-state index contributed by atoms with van der Waals surface area (Å²) in [5, 5.41) is 0. The van der Waals surface area contributed by atoms with Gasteiger partial charge in [-0.2, -0.15) is 4.98 Å². The van der Waals surface area contributed by atoms with Crippen molar-refractivity contribution in [3.8, 4) is 5.88 Å². The van der Waals surface area contributed by atoms with Crippen LogP contribution in [-0.2, 0) is 33.3 Å². The van der Waals surface area contributed by atoms with Crippen molar-refractivity contribution in [2.24, 2.45) is 0 Å². The maximum absolute atomic E-state index is 12.0. The molecule has 2 aromatic heterocycles. The lowest BCUT2D eigenvalue weighted by molar-refractivity contribution is -0.334. The lowest BCUT2D eigenvalue weighted by atomic mass is 10.1. The molecule has 0 amide bonds. The zero-order chi connectivity index (χ0) is 23.3. The molecule has 0 N–H and O–H groups in total. The van der Waals surface area contributed by atoms with Gasteiger partial charge >= 0.3 is 17.9 Å². The van der Waals surface area contributed by atoms with Gasteiger partial charge in [0.15, 0.2) is 29.1 Å². The molecule has 32 heavy (non-hydrogen) atoms. The van der Waals surface area contributed by atoms with Crippen LogP contribution in [0.15, 0.2) is 12.7 Å². The molecule has 0 radical (unpaired) electrons. The van der Waals surface area contributed by atoms with Gasteiger partial charge in [-0.3, -0.25) is 14.1 Å². The van der Waals surface area contributed by atoms with Crippen LogP contribution in [-0.4, -0.2) is 73.8 Å². The number of carbonyl (C=O) groups is 2. The lowest BCUT2D eigenvalue weighted by Crippen LogP contribution is -2.38. The van der Waals surface area contributed by atoms with Gasteiger partial charge in [0.2, 0.25) is 5.88 Å².